The Bertz CT molecular complexity index is 778. The molecule has 1 heterocycles. The Morgan fingerprint density at radius 3 is 2.39 bits per heavy atom. The molecular weight excluding hydrogens is 366 g/mol. The van der Waals surface area contributed by atoms with Gasteiger partial charge in [0.05, 0.1) is 12.7 Å². The third-order valence-corrected chi connectivity index (χ3v) is 4.86. The smallest absolute Gasteiger partial charge is 0.387 e. The lowest BCUT2D eigenvalue weighted by atomic mass is 10.1. The average molecular weight is 390 g/mol. The van der Waals surface area contributed by atoms with Crippen molar-refractivity contribution in [3.63, 3.8) is 0 Å². The van der Waals surface area contributed by atoms with E-state index in [9.17, 15) is 13.6 Å². The number of alkyl halides is 2. The molecule has 7 heteroatoms. The fourth-order valence-corrected chi connectivity index (χ4v) is 3.33. The summed E-state index contributed by atoms with van der Waals surface area (Å²) in [6, 6.07) is 14.8. The Balaban J connectivity index is 1.61. The van der Waals surface area contributed by atoms with Gasteiger partial charge in [-0.3, -0.25) is 9.69 Å². The first-order chi connectivity index (χ1) is 13.6. The lowest BCUT2D eigenvalue weighted by molar-refractivity contribution is -0.0517. The quantitative estimate of drug-likeness (QED) is 0.728. The first kappa shape index (κ1) is 20.1. The molecule has 0 saturated carbocycles. The van der Waals surface area contributed by atoms with Crippen molar-refractivity contribution in [2.24, 2.45) is 0 Å². The average Bonchev–Trinajstić information content (AvgIpc) is 2.72. The number of hydrogen-bond donors (Lipinski definition) is 0. The molecule has 0 radical (unpaired) electrons. The standard InChI is InChI=1S/C21H24F2N2O3/c1-27-18-9-5-8-17(19(18)28-21(22)23)20(26)25-14-12-24(13-15-25)11-10-16-6-3-2-4-7-16/h2-9,21H,10-15H2,1H3. The number of nitrogens with zero attached hydrogens (tertiary/aromatic N) is 2. The fraction of sp³-hybridized carbons (Fsp3) is 0.381. The molecule has 0 aliphatic carbocycles. The summed E-state index contributed by atoms with van der Waals surface area (Å²) in [5.74, 6) is -0.415. The van der Waals surface area contributed by atoms with E-state index in [1.165, 1.54) is 24.8 Å². The summed E-state index contributed by atoms with van der Waals surface area (Å²) >= 11 is 0. The van der Waals surface area contributed by atoms with E-state index in [1.54, 1.807) is 11.0 Å². The van der Waals surface area contributed by atoms with Crippen LogP contribution in [-0.2, 0) is 6.42 Å². The molecule has 0 unspecified atom stereocenters. The molecular formula is C21H24F2N2O3. The molecule has 28 heavy (non-hydrogen) atoms. The fourth-order valence-electron chi connectivity index (χ4n) is 3.33. The topological polar surface area (TPSA) is 42.0 Å². The molecule has 0 spiro atoms. The number of benzene rings is 2. The second-order valence-electron chi connectivity index (χ2n) is 6.58. The highest BCUT2D eigenvalue weighted by molar-refractivity contribution is 5.98. The lowest BCUT2D eigenvalue weighted by Gasteiger charge is -2.35. The maximum atomic E-state index is 12.9. The molecule has 0 atom stereocenters. The van der Waals surface area contributed by atoms with Gasteiger partial charge in [-0.15, -0.1) is 0 Å². The van der Waals surface area contributed by atoms with Crippen molar-refractivity contribution >= 4 is 5.91 Å². The van der Waals surface area contributed by atoms with Crippen molar-refractivity contribution in [3.8, 4) is 11.5 Å². The molecule has 1 aliphatic heterocycles. The molecule has 0 aromatic heterocycles. The van der Waals surface area contributed by atoms with Crippen LogP contribution in [0.1, 0.15) is 15.9 Å². The lowest BCUT2D eigenvalue weighted by Crippen LogP contribution is -2.49. The SMILES string of the molecule is COc1cccc(C(=O)N2CCN(CCc3ccccc3)CC2)c1OC(F)F. The van der Waals surface area contributed by atoms with E-state index in [0.29, 0.717) is 13.1 Å². The van der Waals surface area contributed by atoms with Crippen LogP contribution in [0.2, 0.25) is 0 Å². The van der Waals surface area contributed by atoms with Crippen LogP contribution >= 0.6 is 0 Å². The van der Waals surface area contributed by atoms with Crippen LogP contribution in [0.4, 0.5) is 8.78 Å². The largest absolute Gasteiger partial charge is 0.493 e. The molecule has 1 fully saturated rings. The van der Waals surface area contributed by atoms with Gasteiger partial charge in [-0.2, -0.15) is 8.78 Å². The minimum Gasteiger partial charge on any atom is -0.493 e. The Hall–Kier alpha value is -2.67. The van der Waals surface area contributed by atoms with Gasteiger partial charge in [0.2, 0.25) is 0 Å². The number of halogens is 2. The van der Waals surface area contributed by atoms with E-state index >= 15 is 0 Å². The zero-order chi connectivity index (χ0) is 19.9. The van der Waals surface area contributed by atoms with E-state index < -0.39 is 6.61 Å². The molecule has 2 aromatic rings. The van der Waals surface area contributed by atoms with Gasteiger partial charge in [-0.05, 0) is 24.1 Å². The Morgan fingerprint density at radius 2 is 1.75 bits per heavy atom. The van der Waals surface area contributed by atoms with Gasteiger partial charge in [0.25, 0.3) is 5.91 Å². The van der Waals surface area contributed by atoms with Gasteiger partial charge < -0.3 is 14.4 Å². The van der Waals surface area contributed by atoms with Crippen molar-refractivity contribution in [1.82, 2.24) is 9.80 Å². The predicted molar refractivity (Wildman–Crippen MR) is 102 cm³/mol. The highest BCUT2D eigenvalue weighted by Gasteiger charge is 2.27. The maximum absolute atomic E-state index is 12.9. The van der Waals surface area contributed by atoms with Crippen LogP contribution in [-0.4, -0.2) is 62.2 Å². The number of methoxy groups -OCH3 is 1. The van der Waals surface area contributed by atoms with Gasteiger partial charge in [0.1, 0.15) is 0 Å². The third kappa shape index (κ3) is 4.98. The second kappa shape index (κ2) is 9.50. The molecule has 3 rings (SSSR count). The van der Waals surface area contributed by atoms with Crippen LogP contribution in [0, 0.1) is 0 Å². The van der Waals surface area contributed by atoms with Crippen LogP contribution in [0.15, 0.2) is 48.5 Å². The van der Waals surface area contributed by atoms with Crippen molar-refractivity contribution in [1.29, 1.82) is 0 Å². The summed E-state index contributed by atoms with van der Waals surface area (Å²) < 4.78 is 35.2. The molecule has 2 aromatic carbocycles. The van der Waals surface area contributed by atoms with Crippen molar-refractivity contribution in [3.05, 3.63) is 59.7 Å². The number of carbonyl (C=O) groups excluding carboxylic acids is 1. The van der Waals surface area contributed by atoms with E-state index in [0.717, 1.165) is 26.1 Å². The summed E-state index contributed by atoms with van der Waals surface area (Å²) in [5, 5.41) is 0. The van der Waals surface area contributed by atoms with E-state index in [4.69, 9.17) is 4.74 Å². The highest BCUT2D eigenvalue weighted by atomic mass is 19.3. The van der Waals surface area contributed by atoms with E-state index in [-0.39, 0.29) is 23.0 Å². The number of ether oxygens (including phenoxy) is 2. The number of carbonyl (C=O) groups is 1. The predicted octanol–water partition coefficient (Wildman–Crippen LogP) is 3.30. The van der Waals surface area contributed by atoms with Gasteiger partial charge in [-0.1, -0.05) is 36.4 Å². The van der Waals surface area contributed by atoms with Crippen LogP contribution in [0.3, 0.4) is 0 Å². The zero-order valence-electron chi connectivity index (χ0n) is 15.8. The Labute approximate surface area is 163 Å². The van der Waals surface area contributed by atoms with Crippen molar-refractivity contribution in [2.75, 3.05) is 39.8 Å². The number of hydrogen-bond acceptors (Lipinski definition) is 4. The maximum Gasteiger partial charge on any atom is 0.387 e. The summed E-state index contributed by atoms with van der Waals surface area (Å²) in [7, 11) is 1.35. The number of amides is 1. The first-order valence-corrected chi connectivity index (χ1v) is 9.26. The molecule has 1 saturated heterocycles. The minimum absolute atomic E-state index is 0.0948. The van der Waals surface area contributed by atoms with Crippen molar-refractivity contribution < 1.29 is 23.0 Å². The first-order valence-electron chi connectivity index (χ1n) is 9.26. The summed E-state index contributed by atoms with van der Waals surface area (Å²) in [5.41, 5.74) is 1.38. The summed E-state index contributed by atoms with van der Waals surface area (Å²) in [6.07, 6.45) is 0.955. The van der Waals surface area contributed by atoms with Crippen LogP contribution in [0.25, 0.3) is 0 Å². The molecule has 150 valence electrons. The number of rotatable bonds is 7. The van der Waals surface area contributed by atoms with Gasteiger partial charge >= 0.3 is 6.61 Å². The normalized spacial score (nSPS) is 14.9. The second-order valence-corrected chi connectivity index (χ2v) is 6.58. The molecule has 1 aliphatic rings. The van der Waals surface area contributed by atoms with E-state index in [1.807, 2.05) is 18.2 Å². The minimum atomic E-state index is -3.03. The number of piperazine rings is 1. The van der Waals surface area contributed by atoms with Crippen molar-refractivity contribution in [2.45, 2.75) is 13.0 Å². The third-order valence-electron chi connectivity index (χ3n) is 4.86. The summed E-state index contributed by atoms with van der Waals surface area (Å²) in [6.45, 7) is 0.460. The van der Waals surface area contributed by atoms with Gasteiger partial charge in [0, 0.05) is 32.7 Å². The van der Waals surface area contributed by atoms with Gasteiger partial charge in [-0.25, -0.2) is 0 Å². The molecule has 0 bridgehead atoms. The highest BCUT2D eigenvalue weighted by Crippen LogP contribution is 2.33. The summed E-state index contributed by atoms with van der Waals surface area (Å²) in [4.78, 5) is 16.9. The Morgan fingerprint density at radius 1 is 1.04 bits per heavy atom. The van der Waals surface area contributed by atoms with E-state index in [2.05, 4.69) is 21.8 Å². The molecule has 0 N–H and O–H groups in total. The van der Waals surface area contributed by atoms with Crippen LogP contribution < -0.4 is 9.47 Å². The zero-order valence-corrected chi connectivity index (χ0v) is 15.8. The van der Waals surface area contributed by atoms with Gasteiger partial charge in [0.15, 0.2) is 11.5 Å². The molecule has 5 nitrogen and oxygen atoms in total. The Kier molecular flexibility index (Phi) is 6.81. The van der Waals surface area contributed by atoms with Crippen LogP contribution in [0.5, 0.6) is 11.5 Å². The monoisotopic (exact) mass is 390 g/mol. The number of para-hydroxylation sites is 1. The molecule has 1 amide bonds.